The standard InChI is InChI=1S/C19H20ClN3O3/c1-11-14-8-13(20)5-6-16(14)26-18(11)19(24)21-17-9-15(22-23(17)2)12-4-3-7-25-10-12/h5-6,8-9,12H,3-4,7,10H2,1-2H3,(H,21,24). The van der Waals surface area contributed by atoms with Crippen molar-refractivity contribution in [3.63, 3.8) is 0 Å². The number of furan rings is 1. The molecule has 6 nitrogen and oxygen atoms in total. The molecule has 2 aromatic heterocycles. The fraction of sp³-hybridized carbons (Fsp3) is 0.368. The summed E-state index contributed by atoms with van der Waals surface area (Å²) in [6.07, 6.45) is 2.08. The quantitative estimate of drug-likeness (QED) is 0.744. The SMILES string of the molecule is Cc1c(C(=O)Nc2cc(C3CCCOC3)nn2C)oc2ccc(Cl)cc12. The van der Waals surface area contributed by atoms with Gasteiger partial charge in [-0.05, 0) is 38.0 Å². The van der Waals surface area contributed by atoms with Gasteiger partial charge in [0.1, 0.15) is 11.4 Å². The highest BCUT2D eigenvalue weighted by atomic mass is 35.5. The number of anilines is 1. The van der Waals surface area contributed by atoms with Gasteiger partial charge in [-0.3, -0.25) is 9.48 Å². The van der Waals surface area contributed by atoms with Crippen molar-refractivity contribution >= 4 is 34.3 Å². The molecule has 0 saturated carbocycles. The van der Waals surface area contributed by atoms with E-state index in [9.17, 15) is 4.79 Å². The fourth-order valence-corrected chi connectivity index (χ4v) is 3.53. The lowest BCUT2D eigenvalue weighted by molar-refractivity contribution is 0.0791. The molecule has 1 unspecified atom stereocenters. The highest BCUT2D eigenvalue weighted by Gasteiger charge is 2.22. The van der Waals surface area contributed by atoms with Crippen molar-refractivity contribution in [1.82, 2.24) is 9.78 Å². The zero-order valence-electron chi connectivity index (χ0n) is 14.7. The average molecular weight is 374 g/mol. The summed E-state index contributed by atoms with van der Waals surface area (Å²) < 4.78 is 12.9. The molecular formula is C19H20ClN3O3. The number of fused-ring (bicyclic) bond motifs is 1. The minimum atomic E-state index is -0.302. The Bertz CT molecular complexity index is 970. The molecule has 1 N–H and O–H groups in total. The Hall–Kier alpha value is -2.31. The van der Waals surface area contributed by atoms with Crippen molar-refractivity contribution in [3.05, 3.63) is 46.3 Å². The van der Waals surface area contributed by atoms with Crippen LogP contribution >= 0.6 is 11.6 Å². The van der Waals surface area contributed by atoms with E-state index in [1.165, 1.54) is 0 Å². The van der Waals surface area contributed by atoms with Crippen LogP contribution in [0.25, 0.3) is 11.0 Å². The third-order valence-corrected chi connectivity index (χ3v) is 5.06. The van der Waals surface area contributed by atoms with Crippen molar-refractivity contribution in [1.29, 1.82) is 0 Å². The lowest BCUT2D eigenvalue weighted by Crippen LogP contribution is -2.16. The number of nitrogens with zero attached hydrogens (tertiary/aromatic N) is 2. The number of nitrogens with one attached hydrogen (secondary N) is 1. The molecule has 1 saturated heterocycles. The Labute approximate surface area is 156 Å². The van der Waals surface area contributed by atoms with Gasteiger partial charge in [0.15, 0.2) is 5.76 Å². The maximum atomic E-state index is 12.7. The summed E-state index contributed by atoms with van der Waals surface area (Å²) in [4.78, 5) is 12.7. The molecule has 0 aliphatic carbocycles. The van der Waals surface area contributed by atoms with Gasteiger partial charge in [0.05, 0.1) is 12.3 Å². The van der Waals surface area contributed by atoms with Gasteiger partial charge in [0, 0.05) is 41.6 Å². The van der Waals surface area contributed by atoms with E-state index < -0.39 is 0 Å². The number of halogens is 1. The van der Waals surface area contributed by atoms with Crippen LogP contribution in [0.5, 0.6) is 0 Å². The van der Waals surface area contributed by atoms with E-state index in [2.05, 4.69) is 10.4 Å². The zero-order valence-corrected chi connectivity index (χ0v) is 15.5. The van der Waals surface area contributed by atoms with Crippen molar-refractivity contribution in [2.24, 2.45) is 7.05 Å². The van der Waals surface area contributed by atoms with Gasteiger partial charge in [0.25, 0.3) is 5.91 Å². The Morgan fingerprint density at radius 2 is 2.23 bits per heavy atom. The number of hydrogen-bond acceptors (Lipinski definition) is 4. The predicted octanol–water partition coefficient (Wildman–Crippen LogP) is 4.27. The Morgan fingerprint density at radius 1 is 1.38 bits per heavy atom. The van der Waals surface area contributed by atoms with Crippen molar-refractivity contribution in [2.45, 2.75) is 25.7 Å². The minimum Gasteiger partial charge on any atom is -0.451 e. The molecule has 3 aromatic rings. The van der Waals surface area contributed by atoms with Crippen LogP contribution in [-0.4, -0.2) is 28.9 Å². The molecule has 26 heavy (non-hydrogen) atoms. The molecule has 1 aromatic carbocycles. The first-order valence-corrected chi connectivity index (χ1v) is 9.02. The Morgan fingerprint density at radius 3 is 3.00 bits per heavy atom. The number of carbonyl (C=O) groups excluding carboxylic acids is 1. The van der Waals surface area contributed by atoms with Gasteiger partial charge in [-0.1, -0.05) is 11.6 Å². The topological polar surface area (TPSA) is 69.3 Å². The monoisotopic (exact) mass is 373 g/mol. The van der Waals surface area contributed by atoms with E-state index in [1.807, 2.05) is 20.0 Å². The normalized spacial score (nSPS) is 17.6. The molecule has 3 heterocycles. The molecule has 4 rings (SSSR count). The predicted molar refractivity (Wildman–Crippen MR) is 99.9 cm³/mol. The smallest absolute Gasteiger partial charge is 0.292 e. The molecule has 1 fully saturated rings. The van der Waals surface area contributed by atoms with Crippen LogP contribution in [0.2, 0.25) is 5.02 Å². The van der Waals surface area contributed by atoms with Gasteiger partial charge in [0.2, 0.25) is 0 Å². The van der Waals surface area contributed by atoms with Gasteiger partial charge in [-0.2, -0.15) is 5.10 Å². The van der Waals surface area contributed by atoms with E-state index in [4.69, 9.17) is 20.8 Å². The molecule has 7 heteroatoms. The maximum absolute atomic E-state index is 12.7. The van der Waals surface area contributed by atoms with E-state index in [-0.39, 0.29) is 17.6 Å². The van der Waals surface area contributed by atoms with Gasteiger partial charge in [-0.25, -0.2) is 0 Å². The van der Waals surface area contributed by atoms with Gasteiger partial charge in [-0.15, -0.1) is 0 Å². The van der Waals surface area contributed by atoms with Crippen LogP contribution in [0.4, 0.5) is 5.82 Å². The fourth-order valence-electron chi connectivity index (χ4n) is 3.36. The molecule has 1 atom stereocenters. The number of rotatable bonds is 3. The number of hydrogen-bond donors (Lipinski definition) is 1. The number of benzene rings is 1. The zero-order chi connectivity index (χ0) is 18.3. The molecule has 1 aliphatic heterocycles. The summed E-state index contributed by atoms with van der Waals surface area (Å²) in [6, 6.07) is 7.23. The lowest BCUT2D eigenvalue weighted by Gasteiger charge is -2.19. The first kappa shape index (κ1) is 17.1. The van der Waals surface area contributed by atoms with E-state index >= 15 is 0 Å². The van der Waals surface area contributed by atoms with Crippen LogP contribution in [0, 0.1) is 6.92 Å². The molecule has 1 aliphatic rings. The summed E-state index contributed by atoms with van der Waals surface area (Å²) in [6.45, 7) is 3.33. The number of carbonyl (C=O) groups is 1. The highest BCUT2D eigenvalue weighted by molar-refractivity contribution is 6.31. The minimum absolute atomic E-state index is 0.274. The highest BCUT2D eigenvalue weighted by Crippen LogP contribution is 2.29. The van der Waals surface area contributed by atoms with Crippen LogP contribution in [0.1, 0.15) is 40.6 Å². The van der Waals surface area contributed by atoms with E-state index in [0.29, 0.717) is 23.0 Å². The molecular weight excluding hydrogens is 354 g/mol. The number of amides is 1. The first-order chi connectivity index (χ1) is 12.5. The van der Waals surface area contributed by atoms with Crippen LogP contribution in [0.15, 0.2) is 28.7 Å². The molecule has 0 bridgehead atoms. The van der Waals surface area contributed by atoms with E-state index in [1.54, 1.807) is 22.9 Å². The largest absolute Gasteiger partial charge is 0.451 e. The third-order valence-electron chi connectivity index (χ3n) is 4.82. The van der Waals surface area contributed by atoms with Crippen LogP contribution < -0.4 is 5.32 Å². The summed E-state index contributed by atoms with van der Waals surface area (Å²) in [5.74, 6) is 0.888. The Balaban J connectivity index is 1.58. The Kier molecular flexibility index (Phi) is 4.46. The summed E-state index contributed by atoms with van der Waals surface area (Å²) in [5.41, 5.74) is 2.35. The second kappa shape index (κ2) is 6.78. The van der Waals surface area contributed by atoms with Crippen molar-refractivity contribution in [3.8, 4) is 0 Å². The molecule has 1 amide bonds. The number of aromatic nitrogens is 2. The maximum Gasteiger partial charge on any atom is 0.292 e. The van der Waals surface area contributed by atoms with Crippen molar-refractivity contribution in [2.75, 3.05) is 18.5 Å². The van der Waals surface area contributed by atoms with Gasteiger partial charge >= 0.3 is 0 Å². The van der Waals surface area contributed by atoms with Crippen LogP contribution in [0.3, 0.4) is 0 Å². The first-order valence-electron chi connectivity index (χ1n) is 8.64. The number of aryl methyl sites for hydroxylation is 2. The average Bonchev–Trinajstić information content (AvgIpc) is 3.16. The van der Waals surface area contributed by atoms with Crippen molar-refractivity contribution < 1.29 is 13.9 Å². The molecule has 136 valence electrons. The second-order valence-corrected chi connectivity index (χ2v) is 7.08. The van der Waals surface area contributed by atoms with Gasteiger partial charge < -0.3 is 14.5 Å². The number of ether oxygens (including phenoxy) is 1. The van der Waals surface area contributed by atoms with Crippen LogP contribution in [-0.2, 0) is 11.8 Å². The molecule has 0 radical (unpaired) electrons. The summed E-state index contributed by atoms with van der Waals surface area (Å²) in [7, 11) is 1.81. The summed E-state index contributed by atoms with van der Waals surface area (Å²) in [5, 5.41) is 8.88. The van der Waals surface area contributed by atoms with E-state index in [0.717, 1.165) is 36.1 Å². The lowest BCUT2D eigenvalue weighted by atomic mass is 9.99. The summed E-state index contributed by atoms with van der Waals surface area (Å²) >= 11 is 6.04. The molecule has 0 spiro atoms. The second-order valence-electron chi connectivity index (χ2n) is 6.64. The third kappa shape index (κ3) is 3.10.